The van der Waals surface area contributed by atoms with Gasteiger partial charge in [-0.3, -0.25) is 14.5 Å². The standard InChI is InChI=1S/C25H28F2N4O/c1-16-6-7-20(18-13-29-30(3)15-18)21(11-16)25(32)31-10-4-5-17(2)24(31)9-8-23-22(27)12-19(26)14-28-23/h6-7,11-15,17,24H,4-5,8-10H2,1-3H3/t17-,24-/m1/s1. The Morgan fingerprint density at radius 1 is 1.22 bits per heavy atom. The van der Waals surface area contributed by atoms with E-state index in [1.807, 2.05) is 43.3 Å². The van der Waals surface area contributed by atoms with E-state index in [-0.39, 0.29) is 23.6 Å². The first-order valence-corrected chi connectivity index (χ1v) is 11.0. The molecule has 3 aromatic rings. The zero-order valence-electron chi connectivity index (χ0n) is 18.7. The first-order valence-electron chi connectivity index (χ1n) is 11.0. The smallest absolute Gasteiger partial charge is 0.254 e. The van der Waals surface area contributed by atoms with Crippen LogP contribution in [0.3, 0.4) is 0 Å². The third-order valence-corrected chi connectivity index (χ3v) is 6.36. The Labute approximate surface area is 187 Å². The lowest BCUT2D eigenvalue weighted by Crippen LogP contribution is -2.48. The number of amides is 1. The van der Waals surface area contributed by atoms with Gasteiger partial charge in [-0.15, -0.1) is 0 Å². The monoisotopic (exact) mass is 438 g/mol. The van der Waals surface area contributed by atoms with Crippen LogP contribution in [-0.2, 0) is 13.5 Å². The van der Waals surface area contributed by atoms with E-state index in [1.54, 1.807) is 10.9 Å². The first kappa shape index (κ1) is 22.1. The number of pyridine rings is 1. The van der Waals surface area contributed by atoms with E-state index in [9.17, 15) is 13.6 Å². The van der Waals surface area contributed by atoms with Crippen molar-refractivity contribution in [3.63, 3.8) is 0 Å². The highest BCUT2D eigenvalue weighted by atomic mass is 19.1. The minimum atomic E-state index is -0.684. The van der Waals surface area contributed by atoms with Crippen molar-refractivity contribution in [3.8, 4) is 11.1 Å². The topological polar surface area (TPSA) is 51.0 Å². The molecule has 0 bridgehead atoms. The molecule has 2 atom stereocenters. The van der Waals surface area contributed by atoms with Gasteiger partial charge >= 0.3 is 0 Å². The Balaban J connectivity index is 1.62. The maximum Gasteiger partial charge on any atom is 0.254 e. The normalized spacial score (nSPS) is 18.7. The van der Waals surface area contributed by atoms with Crippen LogP contribution in [0.2, 0.25) is 0 Å². The van der Waals surface area contributed by atoms with Crippen LogP contribution in [0.15, 0.2) is 42.9 Å². The molecule has 1 aliphatic rings. The number of carbonyl (C=O) groups is 1. The third-order valence-electron chi connectivity index (χ3n) is 6.36. The molecule has 1 fully saturated rings. The van der Waals surface area contributed by atoms with E-state index in [1.165, 1.54) is 0 Å². The van der Waals surface area contributed by atoms with Crippen LogP contribution in [0, 0.1) is 24.5 Å². The molecule has 0 saturated carbocycles. The van der Waals surface area contributed by atoms with Gasteiger partial charge in [0.1, 0.15) is 11.6 Å². The molecule has 168 valence electrons. The van der Waals surface area contributed by atoms with Crippen LogP contribution in [0.5, 0.6) is 0 Å². The summed E-state index contributed by atoms with van der Waals surface area (Å²) in [5, 5.41) is 4.26. The molecule has 5 nitrogen and oxygen atoms in total. The predicted molar refractivity (Wildman–Crippen MR) is 119 cm³/mol. The van der Waals surface area contributed by atoms with Gasteiger partial charge in [-0.2, -0.15) is 5.10 Å². The molecule has 1 aliphatic heterocycles. The second kappa shape index (κ2) is 9.18. The van der Waals surface area contributed by atoms with Gasteiger partial charge in [-0.25, -0.2) is 8.78 Å². The van der Waals surface area contributed by atoms with E-state index in [2.05, 4.69) is 17.0 Å². The van der Waals surface area contributed by atoms with Crippen LogP contribution in [0.1, 0.15) is 47.8 Å². The fraction of sp³-hybridized carbons (Fsp3) is 0.400. The molecule has 0 spiro atoms. The molecule has 32 heavy (non-hydrogen) atoms. The molecule has 4 rings (SSSR count). The second-order valence-electron chi connectivity index (χ2n) is 8.76. The number of halogens is 2. The van der Waals surface area contributed by atoms with Crippen LogP contribution >= 0.6 is 0 Å². The number of rotatable bonds is 5. The van der Waals surface area contributed by atoms with Crippen molar-refractivity contribution in [2.45, 2.75) is 45.6 Å². The highest BCUT2D eigenvalue weighted by molar-refractivity contribution is 6.01. The number of benzene rings is 1. The highest BCUT2D eigenvalue weighted by Crippen LogP contribution is 2.31. The summed E-state index contributed by atoms with van der Waals surface area (Å²) >= 11 is 0. The van der Waals surface area contributed by atoms with Gasteiger partial charge in [-0.05, 0) is 50.2 Å². The summed E-state index contributed by atoms with van der Waals surface area (Å²) in [6.07, 6.45) is 7.59. The van der Waals surface area contributed by atoms with Gasteiger partial charge in [0.05, 0.1) is 18.1 Å². The minimum absolute atomic E-state index is 0.0170. The number of aromatic nitrogens is 3. The van der Waals surface area contributed by atoms with Gasteiger partial charge in [-0.1, -0.05) is 24.6 Å². The average Bonchev–Trinajstić information content (AvgIpc) is 3.19. The number of likely N-dealkylation sites (tertiary alicyclic amines) is 1. The molecule has 1 aromatic carbocycles. The number of carbonyl (C=O) groups excluding carboxylic acids is 1. The zero-order chi connectivity index (χ0) is 22.8. The van der Waals surface area contributed by atoms with Crippen molar-refractivity contribution < 1.29 is 13.6 Å². The molecule has 3 heterocycles. The fourth-order valence-electron chi connectivity index (χ4n) is 4.65. The molecular formula is C25H28F2N4O. The van der Waals surface area contributed by atoms with Crippen LogP contribution in [-0.4, -0.2) is 38.2 Å². The van der Waals surface area contributed by atoms with Gasteiger partial charge in [0.25, 0.3) is 5.91 Å². The average molecular weight is 439 g/mol. The number of hydrogen-bond donors (Lipinski definition) is 0. The van der Waals surface area contributed by atoms with Crippen molar-refractivity contribution >= 4 is 5.91 Å². The van der Waals surface area contributed by atoms with Gasteiger partial charge in [0.15, 0.2) is 0 Å². The number of hydrogen-bond acceptors (Lipinski definition) is 3. The van der Waals surface area contributed by atoms with Gasteiger partial charge < -0.3 is 4.90 Å². The summed E-state index contributed by atoms with van der Waals surface area (Å²) in [5.74, 6) is -1.06. The quantitative estimate of drug-likeness (QED) is 0.567. The highest BCUT2D eigenvalue weighted by Gasteiger charge is 2.33. The summed E-state index contributed by atoms with van der Waals surface area (Å²) in [5.41, 5.74) is 3.67. The maximum absolute atomic E-state index is 14.1. The van der Waals surface area contributed by atoms with Crippen LogP contribution in [0.25, 0.3) is 11.1 Å². The maximum atomic E-state index is 14.1. The largest absolute Gasteiger partial charge is 0.335 e. The third kappa shape index (κ3) is 4.56. The Bertz CT molecular complexity index is 1130. The summed E-state index contributed by atoms with van der Waals surface area (Å²) < 4.78 is 29.1. The van der Waals surface area contributed by atoms with E-state index in [4.69, 9.17) is 0 Å². The minimum Gasteiger partial charge on any atom is -0.335 e. The lowest BCUT2D eigenvalue weighted by atomic mass is 9.86. The summed E-state index contributed by atoms with van der Waals surface area (Å²) in [6, 6.07) is 6.73. The second-order valence-corrected chi connectivity index (χ2v) is 8.76. The molecule has 0 radical (unpaired) electrons. The Morgan fingerprint density at radius 3 is 2.75 bits per heavy atom. The van der Waals surface area contributed by atoms with Crippen molar-refractivity contribution in [3.05, 3.63) is 71.3 Å². The van der Waals surface area contributed by atoms with Crippen molar-refractivity contribution in [2.75, 3.05) is 6.54 Å². The first-order chi connectivity index (χ1) is 15.3. The van der Waals surface area contributed by atoms with Crippen LogP contribution in [0.4, 0.5) is 8.78 Å². The zero-order valence-corrected chi connectivity index (χ0v) is 18.7. The molecule has 7 heteroatoms. The molecule has 1 saturated heterocycles. The van der Waals surface area contributed by atoms with Crippen molar-refractivity contribution in [1.29, 1.82) is 0 Å². The summed E-state index contributed by atoms with van der Waals surface area (Å²) in [4.78, 5) is 19.6. The predicted octanol–water partition coefficient (Wildman–Crippen LogP) is 4.94. The summed E-state index contributed by atoms with van der Waals surface area (Å²) in [6.45, 7) is 4.77. The lowest BCUT2D eigenvalue weighted by Gasteiger charge is -2.40. The van der Waals surface area contributed by atoms with E-state index in [0.29, 0.717) is 24.9 Å². The number of piperidine rings is 1. The SMILES string of the molecule is Cc1ccc(-c2cnn(C)c2)c(C(=O)N2CCC[C@@H](C)[C@H]2CCc2ncc(F)cc2F)c1. The van der Waals surface area contributed by atoms with Crippen molar-refractivity contribution in [2.24, 2.45) is 13.0 Å². The molecule has 0 aliphatic carbocycles. The summed E-state index contributed by atoms with van der Waals surface area (Å²) in [7, 11) is 1.85. The lowest BCUT2D eigenvalue weighted by molar-refractivity contribution is 0.0499. The van der Waals surface area contributed by atoms with Crippen LogP contribution < -0.4 is 0 Å². The Hall–Kier alpha value is -3.09. The molecule has 0 N–H and O–H groups in total. The molecular weight excluding hydrogens is 410 g/mol. The number of nitrogens with zero attached hydrogens (tertiary/aromatic N) is 4. The Morgan fingerprint density at radius 2 is 2.03 bits per heavy atom. The molecule has 1 amide bonds. The van der Waals surface area contributed by atoms with E-state index < -0.39 is 11.6 Å². The molecule has 0 unspecified atom stereocenters. The van der Waals surface area contributed by atoms with Gasteiger partial charge in [0.2, 0.25) is 0 Å². The molecule has 2 aromatic heterocycles. The van der Waals surface area contributed by atoms with Crippen molar-refractivity contribution in [1.82, 2.24) is 19.7 Å². The Kier molecular flexibility index (Phi) is 6.35. The number of aryl methyl sites for hydroxylation is 3. The fourth-order valence-corrected chi connectivity index (χ4v) is 4.65. The van der Waals surface area contributed by atoms with Gasteiger partial charge in [0, 0.05) is 43.0 Å². The van der Waals surface area contributed by atoms with E-state index >= 15 is 0 Å². The van der Waals surface area contributed by atoms with E-state index in [0.717, 1.165) is 41.8 Å².